The molecule has 86 valence electrons. The summed E-state index contributed by atoms with van der Waals surface area (Å²) in [5.41, 5.74) is 10.3. The summed E-state index contributed by atoms with van der Waals surface area (Å²) < 4.78 is 0. The van der Waals surface area contributed by atoms with Gasteiger partial charge in [-0.3, -0.25) is 0 Å². The lowest BCUT2D eigenvalue weighted by Gasteiger charge is -2.03. The molecule has 0 bridgehead atoms. The largest absolute Gasteiger partial charge is 0.357 e. The van der Waals surface area contributed by atoms with Gasteiger partial charge in [0.2, 0.25) is 0 Å². The second-order valence-corrected chi connectivity index (χ2v) is 4.67. The van der Waals surface area contributed by atoms with E-state index in [2.05, 4.69) is 24.9 Å². The third kappa shape index (κ3) is 1.95. The van der Waals surface area contributed by atoms with Crippen LogP contribution in [0.5, 0.6) is 0 Å². The molecule has 0 aliphatic heterocycles. The summed E-state index contributed by atoms with van der Waals surface area (Å²) in [5.74, 6) is 0. The summed E-state index contributed by atoms with van der Waals surface area (Å²) in [7, 11) is 0. The number of aromatic amines is 1. The Bertz CT molecular complexity index is 514. The molecule has 16 heavy (non-hydrogen) atoms. The fraction of sp³-hybridized carbons (Fsp3) is 0.385. The molecular weight excluding hydrogens is 220 g/mol. The van der Waals surface area contributed by atoms with Crippen LogP contribution >= 0.6 is 11.6 Å². The van der Waals surface area contributed by atoms with E-state index in [-0.39, 0.29) is 0 Å². The predicted molar refractivity (Wildman–Crippen MR) is 70.2 cm³/mol. The van der Waals surface area contributed by atoms with Gasteiger partial charge in [0.05, 0.1) is 10.5 Å². The average molecular weight is 237 g/mol. The third-order valence-corrected chi connectivity index (χ3v) is 3.40. The van der Waals surface area contributed by atoms with Gasteiger partial charge >= 0.3 is 0 Å². The molecule has 1 aromatic carbocycles. The monoisotopic (exact) mass is 236 g/mol. The number of hydrogen-bond acceptors (Lipinski definition) is 1. The van der Waals surface area contributed by atoms with Crippen LogP contribution in [0, 0.1) is 13.8 Å². The fourth-order valence-corrected chi connectivity index (χ4v) is 2.31. The molecule has 0 aliphatic carbocycles. The highest BCUT2D eigenvalue weighted by Crippen LogP contribution is 2.29. The molecule has 1 heterocycles. The van der Waals surface area contributed by atoms with Crippen LogP contribution in [0.2, 0.25) is 5.02 Å². The summed E-state index contributed by atoms with van der Waals surface area (Å²) in [6, 6.07) is 4.25. The van der Waals surface area contributed by atoms with Gasteiger partial charge in [-0.1, -0.05) is 11.6 Å². The van der Waals surface area contributed by atoms with Crippen molar-refractivity contribution in [2.45, 2.75) is 26.7 Å². The SMILES string of the molecule is Cc1[nH]c2c(Cl)cc(CCCN)cc2c1C. The quantitative estimate of drug-likeness (QED) is 0.844. The van der Waals surface area contributed by atoms with Crippen LogP contribution in [-0.4, -0.2) is 11.5 Å². The van der Waals surface area contributed by atoms with E-state index >= 15 is 0 Å². The number of nitrogens with one attached hydrogen (secondary N) is 1. The van der Waals surface area contributed by atoms with Crippen LogP contribution in [0.1, 0.15) is 23.2 Å². The van der Waals surface area contributed by atoms with Gasteiger partial charge in [0, 0.05) is 11.1 Å². The van der Waals surface area contributed by atoms with Crippen LogP contribution in [0.4, 0.5) is 0 Å². The smallest absolute Gasteiger partial charge is 0.0649 e. The zero-order valence-electron chi connectivity index (χ0n) is 9.73. The first-order chi connectivity index (χ1) is 7.63. The Labute approximate surface area is 101 Å². The Kier molecular flexibility index (Phi) is 3.22. The van der Waals surface area contributed by atoms with Crippen LogP contribution in [0.15, 0.2) is 12.1 Å². The van der Waals surface area contributed by atoms with E-state index in [9.17, 15) is 0 Å². The lowest BCUT2D eigenvalue weighted by molar-refractivity contribution is 0.833. The third-order valence-electron chi connectivity index (χ3n) is 3.10. The van der Waals surface area contributed by atoms with Gasteiger partial charge in [-0.25, -0.2) is 0 Å². The van der Waals surface area contributed by atoms with Crippen molar-refractivity contribution in [2.24, 2.45) is 5.73 Å². The Morgan fingerprint density at radius 3 is 2.75 bits per heavy atom. The summed E-state index contributed by atoms with van der Waals surface area (Å²) in [6.45, 7) is 4.92. The molecule has 0 radical (unpaired) electrons. The molecule has 1 aromatic heterocycles. The summed E-state index contributed by atoms with van der Waals surface area (Å²) in [4.78, 5) is 3.32. The maximum atomic E-state index is 6.26. The number of nitrogens with two attached hydrogens (primary N) is 1. The van der Waals surface area contributed by atoms with Crippen LogP contribution in [-0.2, 0) is 6.42 Å². The first kappa shape index (κ1) is 11.5. The molecule has 0 saturated carbocycles. The number of halogens is 1. The molecule has 2 rings (SSSR count). The van der Waals surface area contributed by atoms with E-state index in [0.717, 1.165) is 29.9 Å². The molecule has 3 N–H and O–H groups in total. The highest BCUT2D eigenvalue weighted by atomic mass is 35.5. The van der Waals surface area contributed by atoms with Crippen LogP contribution < -0.4 is 5.73 Å². The minimum Gasteiger partial charge on any atom is -0.357 e. The maximum Gasteiger partial charge on any atom is 0.0649 e. The van der Waals surface area contributed by atoms with Crippen molar-refractivity contribution in [1.82, 2.24) is 4.98 Å². The van der Waals surface area contributed by atoms with Gasteiger partial charge in [-0.15, -0.1) is 0 Å². The molecule has 0 amide bonds. The lowest BCUT2D eigenvalue weighted by atomic mass is 10.1. The molecule has 0 aliphatic rings. The summed E-state index contributed by atoms with van der Waals surface area (Å²) in [5, 5.41) is 2.04. The molecule has 0 spiro atoms. The predicted octanol–water partition coefficient (Wildman–Crippen LogP) is 3.33. The molecular formula is C13H17ClN2. The van der Waals surface area contributed by atoms with Gasteiger partial charge in [0.15, 0.2) is 0 Å². The van der Waals surface area contributed by atoms with E-state index in [1.165, 1.54) is 22.2 Å². The Balaban J connectivity index is 2.52. The second-order valence-electron chi connectivity index (χ2n) is 4.27. The van der Waals surface area contributed by atoms with Crippen molar-refractivity contribution in [3.05, 3.63) is 34.0 Å². The topological polar surface area (TPSA) is 41.8 Å². The van der Waals surface area contributed by atoms with Crippen molar-refractivity contribution >= 4 is 22.5 Å². The van der Waals surface area contributed by atoms with Gasteiger partial charge in [0.25, 0.3) is 0 Å². The first-order valence-corrected chi connectivity index (χ1v) is 5.98. The van der Waals surface area contributed by atoms with Crippen molar-refractivity contribution in [3.8, 4) is 0 Å². The number of fused-ring (bicyclic) bond motifs is 1. The summed E-state index contributed by atoms with van der Waals surface area (Å²) >= 11 is 6.26. The fourth-order valence-electron chi connectivity index (χ4n) is 2.02. The Morgan fingerprint density at radius 2 is 2.06 bits per heavy atom. The number of aryl methyl sites for hydroxylation is 3. The van der Waals surface area contributed by atoms with E-state index in [1.807, 2.05) is 6.07 Å². The number of H-pyrrole nitrogens is 1. The van der Waals surface area contributed by atoms with Gasteiger partial charge in [0.1, 0.15) is 0 Å². The molecule has 0 unspecified atom stereocenters. The van der Waals surface area contributed by atoms with Gasteiger partial charge in [-0.05, 0) is 56.5 Å². The minimum absolute atomic E-state index is 0.723. The normalized spacial score (nSPS) is 11.2. The maximum absolute atomic E-state index is 6.26. The molecule has 2 aromatic rings. The number of aromatic nitrogens is 1. The minimum atomic E-state index is 0.723. The molecule has 2 nitrogen and oxygen atoms in total. The molecule has 3 heteroatoms. The molecule has 0 fully saturated rings. The summed E-state index contributed by atoms with van der Waals surface area (Å²) in [6.07, 6.45) is 2.00. The van der Waals surface area contributed by atoms with Crippen LogP contribution in [0.25, 0.3) is 10.9 Å². The zero-order valence-corrected chi connectivity index (χ0v) is 10.5. The van der Waals surface area contributed by atoms with Crippen molar-refractivity contribution in [2.75, 3.05) is 6.54 Å². The number of rotatable bonds is 3. The molecule has 0 saturated heterocycles. The van der Waals surface area contributed by atoms with E-state index in [1.54, 1.807) is 0 Å². The number of benzene rings is 1. The second kappa shape index (κ2) is 4.48. The highest BCUT2D eigenvalue weighted by molar-refractivity contribution is 6.35. The molecule has 0 atom stereocenters. The lowest BCUT2D eigenvalue weighted by Crippen LogP contribution is -2.00. The van der Waals surface area contributed by atoms with E-state index in [0.29, 0.717) is 0 Å². The van der Waals surface area contributed by atoms with E-state index in [4.69, 9.17) is 17.3 Å². The van der Waals surface area contributed by atoms with Gasteiger partial charge in [-0.2, -0.15) is 0 Å². The van der Waals surface area contributed by atoms with Gasteiger partial charge < -0.3 is 10.7 Å². The van der Waals surface area contributed by atoms with E-state index < -0.39 is 0 Å². The highest BCUT2D eigenvalue weighted by Gasteiger charge is 2.08. The number of hydrogen-bond donors (Lipinski definition) is 2. The van der Waals surface area contributed by atoms with Crippen molar-refractivity contribution in [3.63, 3.8) is 0 Å². The van der Waals surface area contributed by atoms with Crippen molar-refractivity contribution in [1.29, 1.82) is 0 Å². The average Bonchev–Trinajstić information content (AvgIpc) is 2.54. The zero-order chi connectivity index (χ0) is 11.7. The van der Waals surface area contributed by atoms with Crippen molar-refractivity contribution < 1.29 is 0 Å². The first-order valence-electron chi connectivity index (χ1n) is 5.61. The Hall–Kier alpha value is -0.990. The standard InChI is InChI=1S/C13H17ClN2/c1-8-9(2)16-13-11(8)6-10(4-3-5-15)7-12(13)14/h6-7,16H,3-5,15H2,1-2H3. The van der Waals surface area contributed by atoms with Crippen LogP contribution in [0.3, 0.4) is 0 Å². The Morgan fingerprint density at radius 1 is 1.31 bits per heavy atom.